The predicted octanol–water partition coefficient (Wildman–Crippen LogP) is 3.66. The number of pyridine rings is 1. The smallest absolute Gasteiger partial charge is 0.304 e. The Kier molecular flexibility index (Phi) is 6.55. The maximum Gasteiger partial charge on any atom is 0.304 e. The molecule has 1 aliphatic heterocycles. The molecular formula is C28H31N5O4. The summed E-state index contributed by atoms with van der Waals surface area (Å²) < 4.78 is 7.76. The van der Waals surface area contributed by atoms with Crippen LogP contribution in [0.3, 0.4) is 0 Å². The molecule has 192 valence electrons. The molecule has 5 rings (SSSR count). The number of carboxylic acids is 1. The Morgan fingerprint density at radius 3 is 2.81 bits per heavy atom. The van der Waals surface area contributed by atoms with E-state index >= 15 is 0 Å². The average Bonchev–Trinajstić information content (AvgIpc) is 3.14. The van der Waals surface area contributed by atoms with Gasteiger partial charge in [0.05, 0.1) is 17.6 Å². The zero-order valence-electron chi connectivity index (χ0n) is 21.5. The number of aromatic nitrogens is 4. The number of carboxylic acid groups (broad SMARTS) is 1. The molecule has 0 amide bonds. The standard InChI is InChI=1S/C28H31N5O4/c1-16-5-6-19(22(12-27(35)36)21-7-8-24-28(18(21)3)30-31-32(24)4)11-20(16)14-33-13-17(2)37-25-9-10-26(34)29-23(25)15-33/h5-11,17,22H,12-15H2,1-4H3,(H,29,34)(H,35,36)/t17-,22?/m1/s1. The van der Waals surface area contributed by atoms with Crippen molar-refractivity contribution in [3.63, 3.8) is 0 Å². The number of aromatic amines is 1. The van der Waals surface area contributed by atoms with E-state index in [0.29, 0.717) is 25.4 Å². The van der Waals surface area contributed by atoms with E-state index in [2.05, 4.69) is 39.3 Å². The molecule has 2 atom stereocenters. The molecule has 1 aliphatic rings. The van der Waals surface area contributed by atoms with Gasteiger partial charge in [0.25, 0.3) is 0 Å². The lowest BCUT2D eigenvalue weighted by atomic mass is 9.84. The van der Waals surface area contributed by atoms with Crippen molar-refractivity contribution in [1.82, 2.24) is 24.9 Å². The van der Waals surface area contributed by atoms with Crippen LogP contribution in [-0.2, 0) is 24.9 Å². The number of rotatable bonds is 6. The van der Waals surface area contributed by atoms with Crippen LogP contribution >= 0.6 is 0 Å². The van der Waals surface area contributed by atoms with E-state index in [1.165, 1.54) is 6.07 Å². The summed E-state index contributed by atoms with van der Waals surface area (Å²) in [6, 6.07) is 13.4. The lowest BCUT2D eigenvalue weighted by Gasteiger charge is -2.24. The van der Waals surface area contributed by atoms with Crippen molar-refractivity contribution in [2.75, 3.05) is 6.54 Å². The van der Waals surface area contributed by atoms with Crippen LogP contribution in [0.5, 0.6) is 5.75 Å². The molecule has 0 radical (unpaired) electrons. The maximum atomic E-state index is 11.9. The summed E-state index contributed by atoms with van der Waals surface area (Å²) in [6.45, 7) is 7.96. The van der Waals surface area contributed by atoms with Crippen LogP contribution in [0.25, 0.3) is 11.0 Å². The molecule has 0 aliphatic carbocycles. The summed E-state index contributed by atoms with van der Waals surface area (Å²) in [5.74, 6) is -0.479. The van der Waals surface area contributed by atoms with Gasteiger partial charge in [0.1, 0.15) is 17.4 Å². The molecule has 2 aromatic carbocycles. The van der Waals surface area contributed by atoms with Gasteiger partial charge in [-0.3, -0.25) is 14.5 Å². The second-order valence-corrected chi connectivity index (χ2v) is 9.96. The van der Waals surface area contributed by atoms with Gasteiger partial charge in [-0.2, -0.15) is 0 Å². The topological polar surface area (TPSA) is 113 Å². The molecule has 9 heteroatoms. The average molecular weight is 502 g/mol. The molecule has 2 N–H and O–H groups in total. The van der Waals surface area contributed by atoms with Crippen LogP contribution in [0.2, 0.25) is 0 Å². The van der Waals surface area contributed by atoms with E-state index in [-0.39, 0.29) is 24.0 Å². The summed E-state index contributed by atoms with van der Waals surface area (Å²) in [7, 11) is 1.85. The van der Waals surface area contributed by atoms with Gasteiger partial charge in [0.2, 0.25) is 5.56 Å². The van der Waals surface area contributed by atoms with Gasteiger partial charge >= 0.3 is 5.97 Å². The van der Waals surface area contributed by atoms with E-state index in [1.54, 1.807) is 10.7 Å². The fourth-order valence-electron chi connectivity index (χ4n) is 5.29. The van der Waals surface area contributed by atoms with E-state index in [4.69, 9.17) is 4.74 Å². The third kappa shape index (κ3) is 4.99. The van der Waals surface area contributed by atoms with Crippen LogP contribution in [-0.4, -0.2) is 48.6 Å². The van der Waals surface area contributed by atoms with Gasteiger partial charge in [-0.05, 0) is 60.7 Å². The van der Waals surface area contributed by atoms with Crippen LogP contribution in [0.4, 0.5) is 0 Å². The molecule has 0 bridgehead atoms. The summed E-state index contributed by atoms with van der Waals surface area (Å²) in [4.78, 5) is 29.0. The quantitative estimate of drug-likeness (QED) is 0.414. The molecule has 0 saturated carbocycles. The van der Waals surface area contributed by atoms with E-state index < -0.39 is 5.97 Å². The Hall–Kier alpha value is -3.98. The molecule has 37 heavy (non-hydrogen) atoms. The highest BCUT2D eigenvalue weighted by Gasteiger charge is 2.25. The van der Waals surface area contributed by atoms with Gasteiger partial charge < -0.3 is 14.8 Å². The minimum atomic E-state index is -0.857. The number of aryl methyl sites for hydroxylation is 3. The molecule has 0 spiro atoms. The number of hydrogen-bond donors (Lipinski definition) is 2. The minimum absolute atomic E-state index is 0.0295. The number of aliphatic carboxylic acids is 1. The highest BCUT2D eigenvalue weighted by molar-refractivity contribution is 5.80. The number of H-pyrrole nitrogens is 1. The summed E-state index contributed by atoms with van der Waals surface area (Å²) >= 11 is 0. The number of ether oxygens (including phenoxy) is 1. The summed E-state index contributed by atoms with van der Waals surface area (Å²) in [5, 5.41) is 18.2. The van der Waals surface area contributed by atoms with Gasteiger partial charge in [0, 0.05) is 38.7 Å². The fraction of sp³-hybridized carbons (Fsp3) is 0.357. The molecule has 9 nitrogen and oxygen atoms in total. The van der Waals surface area contributed by atoms with E-state index in [9.17, 15) is 14.7 Å². The van der Waals surface area contributed by atoms with Crippen molar-refractivity contribution in [3.05, 3.63) is 86.3 Å². The number of nitrogens with one attached hydrogen (secondary N) is 1. The number of benzene rings is 2. The molecule has 2 aromatic heterocycles. The largest absolute Gasteiger partial charge is 0.488 e. The Morgan fingerprint density at radius 2 is 2.03 bits per heavy atom. The zero-order valence-corrected chi connectivity index (χ0v) is 21.5. The zero-order chi connectivity index (χ0) is 26.3. The SMILES string of the molecule is Cc1ccc(C(CC(=O)O)c2ccc3c(nnn3C)c2C)cc1CN1Cc2[nH]c(=O)ccc2O[C@H](C)C1. The monoisotopic (exact) mass is 501 g/mol. The summed E-state index contributed by atoms with van der Waals surface area (Å²) in [6.07, 6.45) is -0.0741. The Bertz CT molecular complexity index is 1540. The molecule has 0 saturated heterocycles. The molecule has 4 aromatic rings. The highest BCUT2D eigenvalue weighted by atomic mass is 16.5. The third-order valence-electron chi connectivity index (χ3n) is 7.19. The predicted molar refractivity (Wildman–Crippen MR) is 140 cm³/mol. The first-order valence-electron chi connectivity index (χ1n) is 12.4. The number of nitrogens with zero attached hydrogens (tertiary/aromatic N) is 4. The number of fused-ring (bicyclic) bond motifs is 2. The van der Waals surface area contributed by atoms with Gasteiger partial charge in [-0.15, -0.1) is 5.10 Å². The van der Waals surface area contributed by atoms with Crippen LogP contribution in [0.1, 0.15) is 52.8 Å². The van der Waals surface area contributed by atoms with Crippen molar-refractivity contribution in [2.24, 2.45) is 7.05 Å². The Balaban J connectivity index is 1.50. The lowest BCUT2D eigenvalue weighted by molar-refractivity contribution is -0.137. The fourth-order valence-corrected chi connectivity index (χ4v) is 5.29. The van der Waals surface area contributed by atoms with Crippen LogP contribution < -0.4 is 10.3 Å². The Labute approximate surface area is 214 Å². The second kappa shape index (κ2) is 9.82. The lowest BCUT2D eigenvalue weighted by Crippen LogP contribution is -2.31. The summed E-state index contributed by atoms with van der Waals surface area (Å²) in [5.41, 5.74) is 7.38. The molecule has 0 fully saturated rings. The normalized spacial score (nSPS) is 16.7. The first-order chi connectivity index (χ1) is 17.7. The maximum absolute atomic E-state index is 11.9. The van der Waals surface area contributed by atoms with Gasteiger partial charge in [-0.25, -0.2) is 4.68 Å². The second-order valence-electron chi connectivity index (χ2n) is 9.96. The third-order valence-corrected chi connectivity index (χ3v) is 7.19. The van der Waals surface area contributed by atoms with Crippen molar-refractivity contribution >= 4 is 17.0 Å². The number of carbonyl (C=O) groups is 1. The van der Waals surface area contributed by atoms with Gasteiger partial charge in [-0.1, -0.05) is 29.5 Å². The molecule has 3 heterocycles. The van der Waals surface area contributed by atoms with E-state index in [1.807, 2.05) is 39.1 Å². The van der Waals surface area contributed by atoms with Crippen molar-refractivity contribution < 1.29 is 14.6 Å². The minimum Gasteiger partial charge on any atom is -0.488 e. The van der Waals surface area contributed by atoms with Crippen molar-refractivity contribution in [2.45, 2.75) is 52.3 Å². The Morgan fingerprint density at radius 1 is 1.22 bits per heavy atom. The first-order valence-corrected chi connectivity index (χ1v) is 12.4. The van der Waals surface area contributed by atoms with Crippen molar-refractivity contribution in [1.29, 1.82) is 0 Å². The van der Waals surface area contributed by atoms with Crippen LogP contribution in [0.15, 0.2) is 47.3 Å². The first kappa shape index (κ1) is 24.7. The number of hydrogen-bond acceptors (Lipinski definition) is 6. The molecular weight excluding hydrogens is 470 g/mol. The van der Waals surface area contributed by atoms with E-state index in [0.717, 1.165) is 44.5 Å². The van der Waals surface area contributed by atoms with Gasteiger partial charge in [0.15, 0.2) is 0 Å². The molecule has 1 unspecified atom stereocenters. The highest BCUT2D eigenvalue weighted by Crippen LogP contribution is 2.34. The van der Waals surface area contributed by atoms with Crippen molar-refractivity contribution in [3.8, 4) is 5.75 Å². The van der Waals surface area contributed by atoms with Crippen LogP contribution in [0, 0.1) is 13.8 Å².